The summed E-state index contributed by atoms with van der Waals surface area (Å²) >= 11 is 5.78. The van der Waals surface area contributed by atoms with Crippen molar-refractivity contribution in [2.24, 2.45) is 0 Å². The molecule has 0 N–H and O–H groups in total. The molecule has 1 fully saturated rings. The van der Waals surface area contributed by atoms with Gasteiger partial charge in [0.15, 0.2) is 5.15 Å². The Bertz CT molecular complexity index is 319. The Balaban J connectivity index is 2.22. The van der Waals surface area contributed by atoms with Crippen molar-refractivity contribution in [1.82, 2.24) is 10.2 Å². The van der Waals surface area contributed by atoms with Gasteiger partial charge in [-0.15, -0.1) is 5.10 Å². The molecule has 1 saturated carbocycles. The molecule has 0 spiro atoms. The first-order valence-corrected chi connectivity index (χ1v) is 5.65. The quantitative estimate of drug-likeness (QED) is 0.709. The van der Waals surface area contributed by atoms with E-state index in [0.717, 1.165) is 5.69 Å². The zero-order valence-corrected chi connectivity index (χ0v) is 9.22. The molecule has 1 aliphatic rings. The second kappa shape index (κ2) is 4.26. The summed E-state index contributed by atoms with van der Waals surface area (Å²) in [5.41, 5.74) is 2.35. The summed E-state index contributed by atoms with van der Waals surface area (Å²) < 4.78 is 0. The van der Waals surface area contributed by atoms with Crippen LogP contribution in [0.4, 0.5) is 0 Å². The maximum absolute atomic E-state index is 5.78. The summed E-state index contributed by atoms with van der Waals surface area (Å²) in [6.07, 6.45) is 6.55. The molecule has 2 rings (SSSR count). The summed E-state index contributed by atoms with van der Waals surface area (Å²) in [5.74, 6) is 0.619. The third-order valence-corrected chi connectivity index (χ3v) is 3.17. The van der Waals surface area contributed by atoms with Crippen molar-refractivity contribution in [1.29, 1.82) is 0 Å². The maximum atomic E-state index is 5.78. The minimum atomic E-state index is 0.502. The normalized spacial score (nSPS) is 18.4. The van der Waals surface area contributed by atoms with Crippen LogP contribution in [0.1, 0.15) is 49.3 Å². The molecule has 0 atom stereocenters. The number of halogens is 1. The molecule has 0 radical (unpaired) electrons. The molecule has 1 aromatic rings. The predicted molar refractivity (Wildman–Crippen MR) is 57.6 cm³/mol. The van der Waals surface area contributed by atoms with Gasteiger partial charge in [0.2, 0.25) is 0 Å². The lowest BCUT2D eigenvalue weighted by atomic mass is 9.85. The van der Waals surface area contributed by atoms with Crippen molar-refractivity contribution in [3.63, 3.8) is 0 Å². The number of rotatable bonds is 1. The smallest absolute Gasteiger partial charge is 0.151 e. The second-order valence-electron chi connectivity index (χ2n) is 4.07. The molecule has 14 heavy (non-hydrogen) atoms. The lowest BCUT2D eigenvalue weighted by Gasteiger charge is -2.21. The van der Waals surface area contributed by atoms with Gasteiger partial charge in [-0.1, -0.05) is 30.9 Å². The molecular weight excluding hydrogens is 196 g/mol. The highest BCUT2D eigenvalue weighted by atomic mass is 35.5. The van der Waals surface area contributed by atoms with E-state index in [2.05, 4.69) is 17.1 Å². The molecular formula is C11H15ClN2. The van der Waals surface area contributed by atoms with Gasteiger partial charge in [0, 0.05) is 5.92 Å². The lowest BCUT2D eigenvalue weighted by Crippen LogP contribution is -2.09. The molecule has 0 bridgehead atoms. The van der Waals surface area contributed by atoms with Gasteiger partial charge in [0.1, 0.15) is 0 Å². The molecule has 1 aromatic heterocycles. The van der Waals surface area contributed by atoms with Crippen LogP contribution in [0, 0.1) is 6.92 Å². The number of nitrogens with zero attached hydrogens (tertiary/aromatic N) is 2. The van der Waals surface area contributed by atoms with Crippen LogP contribution in [0.25, 0.3) is 0 Å². The molecule has 3 heteroatoms. The molecule has 0 saturated heterocycles. The number of aryl methyl sites for hydroxylation is 1. The Morgan fingerprint density at radius 1 is 1.21 bits per heavy atom. The highest BCUT2D eigenvalue weighted by molar-refractivity contribution is 6.29. The Kier molecular flexibility index (Phi) is 3.02. The van der Waals surface area contributed by atoms with Gasteiger partial charge in [-0.2, -0.15) is 5.10 Å². The minimum Gasteiger partial charge on any atom is -0.154 e. The van der Waals surface area contributed by atoms with Gasteiger partial charge < -0.3 is 0 Å². The topological polar surface area (TPSA) is 25.8 Å². The number of aromatic nitrogens is 2. The molecule has 2 nitrogen and oxygen atoms in total. The monoisotopic (exact) mass is 210 g/mol. The first kappa shape index (κ1) is 9.91. The average molecular weight is 211 g/mol. The SMILES string of the molecule is Cc1cc(Cl)nnc1C1CCCCC1. The van der Waals surface area contributed by atoms with E-state index >= 15 is 0 Å². The van der Waals surface area contributed by atoms with Crippen LogP contribution in [-0.2, 0) is 0 Å². The summed E-state index contributed by atoms with van der Waals surface area (Å²) in [4.78, 5) is 0. The predicted octanol–water partition coefficient (Wildman–Crippen LogP) is 3.49. The first-order valence-electron chi connectivity index (χ1n) is 5.27. The molecule has 76 valence electrons. The summed E-state index contributed by atoms with van der Waals surface area (Å²) in [6, 6.07) is 1.92. The Hall–Kier alpha value is -0.630. The van der Waals surface area contributed by atoms with Gasteiger partial charge in [-0.25, -0.2) is 0 Å². The Morgan fingerprint density at radius 3 is 2.57 bits per heavy atom. The molecule has 1 heterocycles. The van der Waals surface area contributed by atoms with Gasteiger partial charge >= 0.3 is 0 Å². The summed E-state index contributed by atoms with van der Waals surface area (Å²) in [6.45, 7) is 2.07. The van der Waals surface area contributed by atoms with Crippen LogP contribution in [0.2, 0.25) is 5.15 Å². The fourth-order valence-electron chi connectivity index (χ4n) is 2.24. The number of hydrogen-bond donors (Lipinski definition) is 0. The van der Waals surface area contributed by atoms with Crippen LogP contribution >= 0.6 is 11.6 Å². The molecule has 0 aromatic carbocycles. The van der Waals surface area contributed by atoms with Crippen LogP contribution < -0.4 is 0 Å². The molecule has 1 aliphatic carbocycles. The van der Waals surface area contributed by atoms with Crippen molar-refractivity contribution in [2.45, 2.75) is 44.9 Å². The minimum absolute atomic E-state index is 0.502. The second-order valence-corrected chi connectivity index (χ2v) is 4.46. The fraction of sp³-hybridized carbons (Fsp3) is 0.636. The van der Waals surface area contributed by atoms with Crippen molar-refractivity contribution < 1.29 is 0 Å². The zero-order valence-electron chi connectivity index (χ0n) is 8.46. The van der Waals surface area contributed by atoms with Crippen LogP contribution in [-0.4, -0.2) is 10.2 Å². The summed E-state index contributed by atoms with van der Waals surface area (Å²) in [7, 11) is 0. The first-order chi connectivity index (χ1) is 6.77. The van der Waals surface area contributed by atoms with E-state index in [9.17, 15) is 0 Å². The van der Waals surface area contributed by atoms with Gasteiger partial charge in [0.05, 0.1) is 5.69 Å². The van der Waals surface area contributed by atoms with E-state index in [-0.39, 0.29) is 0 Å². The molecule has 0 unspecified atom stereocenters. The van der Waals surface area contributed by atoms with Crippen LogP contribution in [0.15, 0.2) is 6.07 Å². The van der Waals surface area contributed by atoms with E-state index in [4.69, 9.17) is 11.6 Å². The summed E-state index contributed by atoms with van der Waals surface area (Å²) in [5, 5.41) is 8.65. The Morgan fingerprint density at radius 2 is 1.93 bits per heavy atom. The van der Waals surface area contributed by atoms with Gasteiger partial charge in [-0.05, 0) is 31.4 Å². The average Bonchev–Trinajstić information content (AvgIpc) is 2.19. The van der Waals surface area contributed by atoms with E-state index in [1.807, 2.05) is 6.07 Å². The van der Waals surface area contributed by atoms with Gasteiger partial charge in [0.25, 0.3) is 0 Å². The third kappa shape index (κ3) is 2.06. The van der Waals surface area contributed by atoms with E-state index < -0.39 is 0 Å². The third-order valence-electron chi connectivity index (χ3n) is 2.98. The van der Waals surface area contributed by atoms with Crippen molar-refractivity contribution in [2.75, 3.05) is 0 Å². The fourth-order valence-corrected chi connectivity index (χ4v) is 2.44. The lowest BCUT2D eigenvalue weighted by molar-refractivity contribution is 0.432. The van der Waals surface area contributed by atoms with E-state index in [0.29, 0.717) is 11.1 Å². The molecule has 0 aliphatic heterocycles. The zero-order chi connectivity index (χ0) is 9.97. The Labute approximate surface area is 89.7 Å². The highest BCUT2D eigenvalue weighted by Gasteiger charge is 2.18. The van der Waals surface area contributed by atoms with Gasteiger partial charge in [-0.3, -0.25) is 0 Å². The largest absolute Gasteiger partial charge is 0.154 e. The van der Waals surface area contributed by atoms with Crippen LogP contribution in [0.5, 0.6) is 0 Å². The standard InChI is InChI=1S/C11H15ClN2/c1-8-7-10(12)13-14-11(8)9-5-3-2-4-6-9/h7,9H,2-6H2,1H3. The van der Waals surface area contributed by atoms with Crippen molar-refractivity contribution in [3.05, 3.63) is 22.5 Å². The van der Waals surface area contributed by atoms with Crippen molar-refractivity contribution >= 4 is 11.6 Å². The maximum Gasteiger partial charge on any atom is 0.151 e. The van der Waals surface area contributed by atoms with E-state index in [1.54, 1.807) is 0 Å². The van der Waals surface area contributed by atoms with Crippen molar-refractivity contribution in [3.8, 4) is 0 Å². The highest BCUT2D eigenvalue weighted by Crippen LogP contribution is 2.32. The molecule has 0 amide bonds. The van der Waals surface area contributed by atoms with E-state index in [1.165, 1.54) is 37.7 Å². The number of hydrogen-bond acceptors (Lipinski definition) is 2. The van der Waals surface area contributed by atoms with Crippen LogP contribution in [0.3, 0.4) is 0 Å².